The number of para-hydroxylation sites is 1. The third kappa shape index (κ3) is 2.81. The smallest absolute Gasteiger partial charge is 0.134 e. The summed E-state index contributed by atoms with van der Waals surface area (Å²) in [6.07, 6.45) is 9.56. The summed E-state index contributed by atoms with van der Waals surface area (Å²) in [6.45, 7) is 0. The van der Waals surface area contributed by atoms with Crippen LogP contribution in [-0.4, -0.2) is 21.4 Å². The maximum absolute atomic E-state index is 5.41. The summed E-state index contributed by atoms with van der Waals surface area (Å²) >= 11 is 1.53. The number of benzene rings is 1. The highest BCUT2D eigenvalue weighted by Crippen LogP contribution is 2.30. The summed E-state index contributed by atoms with van der Waals surface area (Å²) < 4.78 is 10.6. The number of fused-ring (bicyclic) bond motifs is 1. The zero-order valence-electron chi connectivity index (χ0n) is 12.9. The molecular weight excluding hydrogens is 322 g/mol. The third-order valence-electron chi connectivity index (χ3n) is 3.63. The van der Waals surface area contributed by atoms with Crippen LogP contribution in [0.5, 0.6) is 5.75 Å². The van der Waals surface area contributed by atoms with Gasteiger partial charge < -0.3 is 14.8 Å². The van der Waals surface area contributed by atoms with Crippen LogP contribution in [0.15, 0.2) is 72.6 Å². The van der Waals surface area contributed by atoms with Crippen molar-refractivity contribution in [3.63, 3.8) is 0 Å². The van der Waals surface area contributed by atoms with Gasteiger partial charge in [0, 0.05) is 29.7 Å². The van der Waals surface area contributed by atoms with Gasteiger partial charge in [-0.1, -0.05) is 12.1 Å². The molecule has 6 nitrogen and oxygen atoms in total. The van der Waals surface area contributed by atoms with Gasteiger partial charge in [0.1, 0.15) is 17.9 Å². The second-order valence-electron chi connectivity index (χ2n) is 5.13. The fraction of sp³-hybridized carbons (Fsp3) is 0.0588. The first-order chi connectivity index (χ1) is 11.8. The van der Waals surface area contributed by atoms with Gasteiger partial charge in [0.2, 0.25) is 0 Å². The van der Waals surface area contributed by atoms with Crippen LogP contribution >= 0.6 is 12.1 Å². The van der Waals surface area contributed by atoms with Gasteiger partial charge in [-0.25, -0.2) is 9.97 Å². The highest BCUT2D eigenvalue weighted by atomic mass is 32.2. The molecule has 0 unspecified atom stereocenters. The van der Waals surface area contributed by atoms with Crippen molar-refractivity contribution in [2.75, 3.05) is 12.4 Å². The molecule has 4 rings (SSSR count). The van der Waals surface area contributed by atoms with Crippen molar-refractivity contribution in [1.82, 2.24) is 19.0 Å². The standard InChI is InChI=1S/C17H15N5OS/c1-23-16-5-3-2-4-14(16)15-9-17(19-11-18-15)21-12-6-7-22-13(8-12)10-20-24-22/h2-11,20H,1H3,(H,18,19,21). The first kappa shape index (κ1) is 14.6. The largest absolute Gasteiger partial charge is 0.496 e. The molecule has 0 saturated carbocycles. The molecule has 24 heavy (non-hydrogen) atoms. The van der Waals surface area contributed by atoms with Crippen molar-refractivity contribution < 1.29 is 4.74 Å². The van der Waals surface area contributed by atoms with Crippen LogP contribution in [0.3, 0.4) is 0 Å². The SMILES string of the molecule is COc1ccccc1-c1cc(NC2=CC3=CNSN3C=C2)ncn1. The molecule has 2 N–H and O–H groups in total. The van der Waals surface area contributed by atoms with Gasteiger partial charge in [0.05, 0.1) is 30.6 Å². The van der Waals surface area contributed by atoms with Gasteiger partial charge in [0.25, 0.3) is 0 Å². The van der Waals surface area contributed by atoms with Crippen LogP contribution in [-0.2, 0) is 0 Å². The van der Waals surface area contributed by atoms with E-state index in [1.165, 1.54) is 12.1 Å². The number of nitrogens with zero attached hydrogens (tertiary/aromatic N) is 3. The molecule has 0 spiro atoms. The Morgan fingerprint density at radius 1 is 1.25 bits per heavy atom. The second kappa shape index (κ2) is 6.29. The van der Waals surface area contributed by atoms with E-state index < -0.39 is 0 Å². The number of allylic oxidation sites excluding steroid dienone is 2. The van der Waals surface area contributed by atoms with Crippen LogP contribution in [0.4, 0.5) is 5.82 Å². The van der Waals surface area contributed by atoms with E-state index in [2.05, 4.69) is 26.1 Å². The molecule has 120 valence electrons. The Morgan fingerprint density at radius 2 is 2.17 bits per heavy atom. The Hall–Kier alpha value is -2.93. The molecule has 0 fully saturated rings. The second-order valence-corrected chi connectivity index (χ2v) is 5.94. The highest BCUT2D eigenvalue weighted by Gasteiger charge is 2.16. The Bertz CT molecular complexity index is 862. The zero-order valence-corrected chi connectivity index (χ0v) is 13.7. The lowest BCUT2D eigenvalue weighted by Crippen LogP contribution is -2.10. The predicted molar refractivity (Wildman–Crippen MR) is 95.5 cm³/mol. The summed E-state index contributed by atoms with van der Waals surface area (Å²) in [5, 5.41) is 3.32. The lowest BCUT2D eigenvalue weighted by atomic mass is 10.1. The molecule has 1 aromatic heterocycles. The van der Waals surface area contributed by atoms with E-state index in [1.54, 1.807) is 13.4 Å². The van der Waals surface area contributed by atoms with E-state index in [9.17, 15) is 0 Å². The molecule has 2 aromatic rings. The number of anilines is 1. The summed E-state index contributed by atoms with van der Waals surface area (Å²) in [5.41, 5.74) is 3.80. The topological polar surface area (TPSA) is 62.3 Å². The van der Waals surface area contributed by atoms with Gasteiger partial charge in [0.15, 0.2) is 0 Å². The Balaban J connectivity index is 1.61. The van der Waals surface area contributed by atoms with Gasteiger partial charge >= 0.3 is 0 Å². The van der Waals surface area contributed by atoms with Crippen molar-refractivity contribution >= 4 is 18.0 Å². The number of hydrogen-bond donors (Lipinski definition) is 2. The van der Waals surface area contributed by atoms with E-state index in [1.807, 2.05) is 53.1 Å². The lowest BCUT2D eigenvalue weighted by molar-refractivity contribution is 0.416. The molecule has 0 radical (unpaired) electrons. The van der Waals surface area contributed by atoms with Gasteiger partial charge in [-0.05, 0) is 24.3 Å². The van der Waals surface area contributed by atoms with E-state index >= 15 is 0 Å². The average Bonchev–Trinajstić information content (AvgIpc) is 3.10. The maximum Gasteiger partial charge on any atom is 0.134 e. The lowest BCUT2D eigenvalue weighted by Gasteiger charge is -2.18. The number of rotatable bonds is 4. The van der Waals surface area contributed by atoms with Crippen molar-refractivity contribution in [3.8, 4) is 17.0 Å². The molecule has 0 amide bonds. The number of ether oxygens (including phenoxy) is 1. The van der Waals surface area contributed by atoms with Gasteiger partial charge in [-0.2, -0.15) is 0 Å². The van der Waals surface area contributed by atoms with Crippen molar-refractivity contribution in [2.24, 2.45) is 0 Å². The van der Waals surface area contributed by atoms with Crippen LogP contribution in [0.2, 0.25) is 0 Å². The highest BCUT2D eigenvalue weighted by molar-refractivity contribution is 7.95. The minimum absolute atomic E-state index is 0.731. The van der Waals surface area contributed by atoms with Crippen LogP contribution in [0.1, 0.15) is 0 Å². The van der Waals surface area contributed by atoms with E-state index in [0.717, 1.165) is 34.2 Å². The minimum Gasteiger partial charge on any atom is -0.496 e. The monoisotopic (exact) mass is 337 g/mol. The molecular formula is C17H15N5OS. The minimum atomic E-state index is 0.731. The van der Waals surface area contributed by atoms with Crippen LogP contribution < -0.4 is 14.8 Å². The molecule has 3 heterocycles. The molecule has 2 aliphatic rings. The maximum atomic E-state index is 5.41. The van der Waals surface area contributed by atoms with Crippen LogP contribution in [0, 0.1) is 0 Å². The molecule has 0 atom stereocenters. The molecule has 0 aliphatic carbocycles. The molecule has 0 bridgehead atoms. The van der Waals surface area contributed by atoms with E-state index in [4.69, 9.17) is 4.74 Å². The fourth-order valence-corrected chi connectivity index (χ4v) is 3.11. The summed E-state index contributed by atoms with van der Waals surface area (Å²) in [5.74, 6) is 1.52. The quantitative estimate of drug-likeness (QED) is 0.830. The first-order valence-electron chi connectivity index (χ1n) is 7.38. The summed E-state index contributed by atoms with van der Waals surface area (Å²) in [7, 11) is 1.66. The Kier molecular flexibility index (Phi) is 3.84. The van der Waals surface area contributed by atoms with Gasteiger partial charge in [-0.3, -0.25) is 4.31 Å². The van der Waals surface area contributed by atoms with E-state index in [0.29, 0.717) is 0 Å². The number of aromatic nitrogens is 2. The fourth-order valence-electron chi connectivity index (χ4n) is 2.49. The van der Waals surface area contributed by atoms with Crippen LogP contribution in [0.25, 0.3) is 11.3 Å². The molecule has 2 aliphatic heterocycles. The average molecular weight is 337 g/mol. The number of hydrogen-bond acceptors (Lipinski definition) is 7. The van der Waals surface area contributed by atoms with Crippen molar-refractivity contribution in [1.29, 1.82) is 0 Å². The zero-order chi connectivity index (χ0) is 16.4. The number of nitrogens with one attached hydrogen (secondary N) is 2. The predicted octanol–water partition coefficient (Wildman–Crippen LogP) is 3.29. The van der Waals surface area contributed by atoms with Crippen molar-refractivity contribution in [3.05, 3.63) is 72.6 Å². The summed E-state index contributed by atoms with van der Waals surface area (Å²) in [6, 6.07) is 9.71. The van der Waals surface area contributed by atoms with E-state index in [-0.39, 0.29) is 0 Å². The number of methoxy groups -OCH3 is 1. The Morgan fingerprint density at radius 3 is 3.08 bits per heavy atom. The summed E-state index contributed by atoms with van der Waals surface area (Å²) in [4.78, 5) is 8.67. The van der Waals surface area contributed by atoms with Gasteiger partial charge in [-0.15, -0.1) is 0 Å². The first-order valence-corrected chi connectivity index (χ1v) is 8.15. The third-order valence-corrected chi connectivity index (χ3v) is 4.38. The molecule has 7 heteroatoms. The Labute approximate surface area is 144 Å². The normalized spacial score (nSPS) is 15.3. The molecule has 0 saturated heterocycles. The molecule has 1 aromatic carbocycles. The van der Waals surface area contributed by atoms with Crippen molar-refractivity contribution in [2.45, 2.75) is 0 Å².